The van der Waals surface area contributed by atoms with Crippen molar-refractivity contribution in [2.75, 3.05) is 32.1 Å². The van der Waals surface area contributed by atoms with Gasteiger partial charge in [-0.1, -0.05) is 6.07 Å². The first-order chi connectivity index (χ1) is 15.5. The lowest BCUT2D eigenvalue weighted by Crippen LogP contribution is -2.38. The van der Waals surface area contributed by atoms with Gasteiger partial charge in [-0.2, -0.15) is 4.98 Å². The van der Waals surface area contributed by atoms with Crippen molar-refractivity contribution in [1.29, 1.82) is 0 Å². The summed E-state index contributed by atoms with van der Waals surface area (Å²) in [5.74, 6) is 1.72. The highest BCUT2D eigenvalue weighted by Crippen LogP contribution is 2.29. The average Bonchev–Trinajstić information content (AvgIpc) is 3.17. The van der Waals surface area contributed by atoms with Crippen molar-refractivity contribution in [3.63, 3.8) is 0 Å². The molecule has 2 heterocycles. The van der Waals surface area contributed by atoms with Gasteiger partial charge in [0.1, 0.15) is 11.3 Å². The molecule has 3 aromatic rings. The SMILES string of the molecule is CCOc1cc(CN2CCC(Nc3nc4ccc(OC(=O)O)cc4o3)CC2)ccc1OC. The van der Waals surface area contributed by atoms with Crippen LogP contribution in [0.25, 0.3) is 11.1 Å². The number of benzene rings is 2. The maximum absolute atomic E-state index is 10.7. The summed E-state index contributed by atoms with van der Waals surface area (Å²) in [5.41, 5.74) is 2.32. The molecule has 0 atom stereocenters. The molecule has 1 aromatic heterocycles. The Morgan fingerprint density at radius 1 is 1.22 bits per heavy atom. The van der Waals surface area contributed by atoms with Gasteiger partial charge in [0.15, 0.2) is 17.1 Å². The summed E-state index contributed by atoms with van der Waals surface area (Å²) in [4.78, 5) is 17.5. The lowest BCUT2D eigenvalue weighted by Gasteiger charge is -2.32. The zero-order valence-electron chi connectivity index (χ0n) is 18.2. The van der Waals surface area contributed by atoms with Crippen molar-refractivity contribution in [3.8, 4) is 17.2 Å². The third-order valence-electron chi connectivity index (χ3n) is 5.41. The fourth-order valence-corrected chi connectivity index (χ4v) is 3.89. The van der Waals surface area contributed by atoms with Gasteiger partial charge in [0, 0.05) is 31.7 Å². The van der Waals surface area contributed by atoms with Crippen LogP contribution in [-0.4, -0.2) is 54.0 Å². The van der Waals surface area contributed by atoms with Gasteiger partial charge in [0.2, 0.25) is 0 Å². The van der Waals surface area contributed by atoms with Crippen LogP contribution in [0.2, 0.25) is 0 Å². The Bertz CT molecular complexity index is 1070. The number of methoxy groups -OCH3 is 1. The van der Waals surface area contributed by atoms with Gasteiger partial charge in [0.05, 0.1) is 13.7 Å². The van der Waals surface area contributed by atoms with Gasteiger partial charge >= 0.3 is 6.16 Å². The Hall–Kier alpha value is -3.46. The molecule has 0 spiro atoms. The van der Waals surface area contributed by atoms with Crippen LogP contribution in [0, 0.1) is 0 Å². The van der Waals surface area contributed by atoms with Gasteiger partial charge < -0.3 is 29.1 Å². The topological polar surface area (TPSA) is 106 Å². The Balaban J connectivity index is 1.32. The molecule has 9 nitrogen and oxygen atoms in total. The lowest BCUT2D eigenvalue weighted by molar-refractivity contribution is 0.144. The van der Waals surface area contributed by atoms with Crippen LogP contribution in [0.4, 0.5) is 10.8 Å². The number of hydrogen-bond acceptors (Lipinski definition) is 8. The number of fused-ring (bicyclic) bond motifs is 1. The minimum absolute atomic E-state index is 0.201. The molecule has 2 N–H and O–H groups in total. The number of anilines is 1. The molecule has 1 saturated heterocycles. The second-order valence-electron chi connectivity index (χ2n) is 7.63. The summed E-state index contributed by atoms with van der Waals surface area (Å²) < 4.78 is 21.5. The molecule has 0 amide bonds. The molecule has 0 unspecified atom stereocenters. The predicted octanol–water partition coefficient (Wildman–Crippen LogP) is 4.37. The minimum Gasteiger partial charge on any atom is -0.493 e. The minimum atomic E-state index is -1.36. The van der Waals surface area contributed by atoms with Crippen molar-refractivity contribution in [1.82, 2.24) is 9.88 Å². The van der Waals surface area contributed by atoms with E-state index in [9.17, 15) is 4.79 Å². The Kier molecular flexibility index (Phi) is 6.65. The number of nitrogens with one attached hydrogen (secondary N) is 1. The molecule has 4 rings (SSSR count). The summed E-state index contributed by atoms with van der Waals surface area (Å²) in [6, 6.07) is 11.5. The zero-order chi connectivity index (χ0) is 22.5. The normalized spacial score (nSPS) is 14.9. The predicted molar refractivity (Wildman–Crippen MR) is 119 cm³/mol. The lowest BCUT2D eigenvalue weighted by atomic mass is 10.0. The number of aromatic nitrogens is 1. The Morgan fingerprint density at radius 2 is 2.03 bits per heavy atom. The number of piperidine rings is 1. The van der Waals surface area contributed by atoms with Crippen LogP contribution in [-0.2, 0) is 6.54 Å². The zero-order valence-corrected chi connectivity index (χ0v) is 18.2. The van der Waals surface area contributed by atoms with E-state index >= 15 is 0 Å². The molecule has 1 aliphatic rings. The van der Waals surface area contributed by atoms with Crippen LogP contribution in [0.1, 0.15) is 25.3 Å². The largest absolute Gasteiger partial charge is 0.511 e. The van der Waals surface area contributed by atoms with Crippen LogP contribution in [0.15, 0.2) is 40.8 Å². The highest BCUT2D eigenvalue weighted by atomic mass is 16.7. The second kappa shape index (κ2) is 9.78. The molecule has 170 valence electrons. The molecule has 0 saturated carbocycles. The molecule has 1 aliphatic heterocycles. The molecule has 0 bridgehead atoms. The molecule has 0 aliphatic carbocycles. The van der Waals surface area contributed by atoms with Gasteiger partial charge in [-0.3, -0.25) is 4.90 Å². The van der Waals surface area contributed by atoms with Crippen LogP contribution < -0.4 is 19.5 Å². The van der Waals surface area contributed by atoms with Crippen molar-refractivity contribution >= 4 is 23.3 Å². The van der Waals surface area contributed by atoms with E-state index in [0.29, 0.717) is 23.7 Å². The summed E-state index contributed by atoms with van der Waals surface area (Å²) in [7, 11) is 1.65. The van der Waals surface area contributed by atoms with Crippen LogP contribution in [0.3, 0.4) is 0 Å². The quantitative estimate of drug-likeness (QED) is 0.389. The fourth-order valence-electron chi connectivity index (χ4n) is 3.89. The first-order valence-electron chi connectivity index (χ1n) is 10.6. The molecule has 9 heteroatoms. The van der Waals surface area contributed by atoms with E-state index in [1.165, 1.54) is 11.6 Å². The van der Waals surface area contributed by atoms with Gasteiger partial charge in [0.25, 0.3) is 6.01 Å². The number of oxazole rings is 1. The third kappa shape index (κ3) is 5.23. The van der Waals surface area contributed by atoms with E-state index in [4.69, 9.17) is 19.0 Å². The average molecular weight is 441 g/mol. The van der Waals surface area contributed by atoms with E-state index < -0.39 is 6.16 Å². The number of likely N-dealkylation sites (tertiary alicyclic amines) is 1. The maximum Gasteiger partial charge on any atom is 0.511 e. The Labute approximate surface area is 185 Å². The van der Waals surface area contributed by atoms with E-state index in [0.717, 1.165) is 44.0 Å². The first kappa shape index (κ1) is 21.8. The number of carboxylic acid groups (broad SMARTS) is 1. The van der Waals surface area contributed by atoms with Crippen LogP contribution >= 0.6 is 0 Å². The Morgan fingerprint density at radius 3 is 2.75 bits per heavy atom. The smallest absolute Gasteiger partial charge is 0.493 e. The monoisotopic (exact) mass is 441 g/mol. The van der Waals surface area contributed by atoms with Gasteiger partial charge in [-0.25, -0.2) is 4.79 Å². The summed E-state index contributed by atoms with van der Waals surface area (Å²) in [5, 5.41) is 12.1. The fraction of sp³-hybridized carbons (Fsp3) is 0.391. The van der Waals surface area contributed by atoms with Crippen molar-refractivity contribution < 1.29 is 28.5 Å². The third-order valence-corrected chi connectivity index (χ3v) is 5.41. The summed E-state index contributed by atoms with van der Waals surface area (Å²) in [6.45, 7) is 5.31. The maximum atomic E-state index is 10.7. The van der Waals surface area contributed by atoms with E-state index in [1.54, 1.807) is 19.2 Å². The first-order valence-corrected chi connectivity index (χ1v) is 10.6. The van der Waals surface area contributed by atoms with E-state index in [2.05, 4.69) is 26.0 Å². The molecule has 2 aromatic carbocycles. The van der Waals surface area contributed by atoms with Crippen molar-refractivity contribution in [2.24, 2.45) is 0 Å². The van der Waals surface area contributed by atoms with E-state index in [-0.39, 0.29) is 11.8 Å². The molecule has 1 fully saturated rings. The molecular formula is C23H27N3O6. The summed E-state index contributed by atoms with van der Waals surface area (Å²) >= 11 is 0. The number of hydrogen-bond donors (Lipinski definition) is 2. The molecule has 0 radical (unpaired) electrons. The highest BCUT2D eigenvalue weighted by Gasteiger charge is 2.21. The highest BCUT2D eigenvalue weighted by molar-refractivity contribution is 5.77. The van der Waals surface area contributed by atoms with Crippen molar-refractivity contribution in [3.05, 3.63) is 42.0 Å². The van der Waals surface area contributed by atoms with Gasteiger partial charge in [-0.15, -0.1) is 0 Å². The van der Waals surface area contributed by atoms with Crippen molar-refractivity contribution in [2.45, 2.75) is 32.4 Å². The standard InChI is InChI=1S/C23H27N3O6/c1-3-30-21-12-15(4-7-19(21)29-2)14-26-10-8-16(9-11-26)24-22-25-18-6-5-17(31-23(27)28)13-20(18)32-22/h4-7,12-13,16H,3,8-11,14H2,1-2H3,(H,24,25)(H,27,28). The molecule has 32 heavy (non-hydrogen) atoms. The van der Waals surface area contributed by atoms with E-state index in [1.807, 2.05) is 19.1 Å². The number of nitrogens with zero attached hydrogens (tertiary/aromatic N) is 2. The number of rotatable bonds is 8. The van der Waals surface area contributed by atoms with Gasteiger partial charge in [-0.05, 0) is 49.6 Å². The number of carbonyl (C=O) groups is 1. The number of ether oxygens (including phenoxy) is 3. The summed E-state index contributed by atoms with van der Waals surface area (Å²) in [6.07, 6.45) is 0.555. The second-order valence-corrected chi connectivity index (χ2v) is 7.63. The van der Waals surface area contributed by atoms with Crippen LogP contribution in [0.5, 0.6) is 17.2 Å². The molecular weight excluding hydrogens is 414 g/mol.